The van der Waals surface area contributed by atoms with Gasteiger partial charge < -0.3 is 20.9 Å². The van der Waals surface area contributed by atoms with Gasteiger partial charge in [-0.3, -0.25) is 4.79 Å². The maximum atomic E-state index is 13.6. The molecule has 3 N–H and O–H groups in total. The highest BCUT2D eigenvalue weighted by Crippen LogP contribution is 2.19. The molecule has 1 aliphatic heterocycles. The zero-order chi connectivity index (χ0) is 19.1. The van der Waals surface area contributed by atoms with E-state index in [2.05, 4.69) is 25.9 Å². The van der Waals surface area contributed by atoms with Gasteiger partial charge in [0.2, 0.25) is 5.95 Å². The van der Waals surface area contributed by atoms with E-state index in [9.17, 15) is 14.0 Å². The number of nitrogens with one attached hydrogen (secondary N) is 3. The van der Waals surface area contributed by atoms with Gasteiger partial charge in [0.25, 0.3) is 5.91 Å². The molecule has 1 fully saturated rings. The third-order valence-corrected chi connectivity index (χ3v) is 4.12. The van der Waals surface area contributed by atoms with Crippen LogP contribution in [0.5, 0.6) is 0 Å². The molecule has 1 aromatic carbocycles. The van der Waals surface area contributed by atoms with Crippen molar-refractivity contribution in [1.29, 1.82) is 0 Å². The highest BCUT2D eigenvalue weighted by molar-refractivity contribution is 6.03. The SMILES string of the molecule is O=C(NCCNc1ncccn1)c1cc(F)ccc1NC(=O)N1CCCC1. The molecule has 27 heavy (non-hydrogen) atoms. The molecule has 0 aliphatic carbocycles. The molecule has 2 aromatic rings. The Morgan fingerprint density at radius 1 is 1.11 bits per heavy atom. The third kappa shape index (κ3) is 5.13. The van der Waals surface area contributed by atoms with Crippen LogP contribution in [-0.2, 0) is 0 Å². The second-order valence-corrected chi connectivity index (χ2v) is 6.07. The number of halogens is 1. The summed E-state index contributed by atoms with van der Waals surface area (Å²) in [5.74, 6) is -0.562. The average Bonchev–Trinajstić information content (AvgIpc) is 3.22. The van der Waals surface area contributed by atoms with Crippen LogP contribution < -0.4 is 16.0 Å². The molecule has 3 rings (SSSR count). The van der Waals surface area contributed by atoms with Crippen LogP contribution in [0, 0.1) is 5.82 Å². The number of aromatic nitrogens is 2. The molecule has 0 bridgehead atoms. The monoisotopic (exact) mass is 372 g/mol. The number of anilines is 2. The Morgan fingerprint density at radius 2 is 1.85 bits per heavy atom. The summed E-state index contributed by atoms with van der Waals surface area (Å²) in [6.07, 6.45) is 5.14. The summed E-state index contributed by atoms with van der Waals surface area (Å²) < 4.78 is 13.6. The highest BCUT2D eigenvalue weighted by Gasteiger charge is 2.20. The van der Waals surface area contributed by atoms with Crippen molar-refractivity contribution in [2.75, 3.05) is 36.8 Å². The lowest BCUT2D eigenvalue weighted by Crippen LogP contribution is -2.34. The quantitative estimate of drug-likeness (QED) is 0.675. The van der Waals surface area contributed by atoms with E-state index >= 15 is 0 Å². The van der Waals surface area contributed by atoms with Crippen LogP contribution >= 0.6 is 0 Å². The number of urea groups is 1. The predicted molar refractivity (Wildman–Crippen MR) is 99.1 cm³/mol. The van der Waals surface area contributed by atoms with Gasteiger partial charge in [0, 0.05) is 38.6 Å². The van der Waals surface area contributed by atoms with Crippen LogP contribution in [0.4, 0.5) is 20.8 Å². The van der Waals surface area contributed by atoms with Crippen molar-refractivity contribution in [3.8, 4) is 0 Å². The van der Waals surface area contributed by atoms with Crippen molar-refractivity contribution in [3.63, 3.8) is 0 Å². The largest absolute Gasteiger partial charge is 0.352 e. The predicted octanol–water partition coefficient (Wildman–Crippen LogP) is 2.09. The molecule has 8 nitrogen and oxygen atoms in total. The number of benzene rings is 1. The number of carbonyl (C=O) groups is 2. The first-order chi connectivity index (χ1) is 13.1. The standard InChI is InChI=1S/C18H21FN6O2/c19-13-4-5-15(24-18(27)25-10-1-2-11-25)14(12-13)16(26)20-8-9-23-17-21-6-3-7-22-17/h3-7,12H,1-2,8-11H2,(H,20,26)(H,24,27)(H,21,22,23). The molecule has 1 aromatic heterocycles. The van der Waals surface area contributed by atoms with Gasteiger partial charge in [-0.15, -0.1) is 0 Å². The second-order valence-electron chi connectivity index (χ2n) is 6.07. The highest BCUT2D eigenvalue weighted by atomic mass is 19.1. The van der Waals surface area contributed by atoms with Gasteiger partial charge >= 0.3 is 6.03 Å². The molecule has 142 valence electrons. The Kier molecular flexibility index (Phi) is 6.14. The fraction of sp³-hybridized carbons (Fsp3) is 0.333. The minimum atomic E-state index is -0.546. The van der Waals surface area contributed by atoms with E-state index in [1.807, 2.05) is 0 Å². The number of nitrogens with zero attached hydrogens (tertiary/aromatic N) is 3. The van der Waals surface area contributed by atoms with E-state index in [-0.39, 0.29) is 23.8 Å². The van der Waals surface area contributed by atoms with Crippen LogP contribution in [0.15, 0.2) is 36.7 Å². The summed E-state index contributed by atoms with van der Waals surface area (Å²) >= 11 is 0. The van der Waals surface area contributed by atoms with Crippen LogP contribution in [0.25, 0.3) is 0 Å². The normalized spacial score (nSPS) is 13.3. The molecule has 1 saturated heterocycles. The summed E-state index contributed by atoms with van der Waals surface area (Å²) in [5, 5.41) is 8.35. The average molecular weight is 372 g/mol. The smallest absolute Gasteiger partial charge is 0.321 e. The Bertz CT molecular complexity index is 796. The molecule has 0 spiro atoms. The van der Waals surface area contributed by atoms with Crippen LogP contribution in [0.2, 0.25) is 0 Å². The van der Waals surface area contributed by atoms with Crippen molar-refractivity contribution in [2.24, 2.45) is 0 Å². The van der Waals surface area contributed by atoms with Crippen molar-refractivity contribution < 1.29 is 14.0 Å². The molecular weight excluding hydrogens is 351 g/mol. The number of hydrogen-bond donors (Lipinski definition) is 3. The number of carbonyl (C=O) groups excluding carboxylic acids is 2. The number of hydrogen-bond acceptors (Lipinski definition) is 5. The molecule has 3 amide bonds. The summed E-state index contributed by atoms with van der Waals surface area (Å²) in [4.78, 5) is 34.4. The second kappa shape index (κ2) is 8.93. The van der Waals surface area contributed by atoms with Gasteiger partial charge in [-0.1, -0.05) is 0 Å². The Balaban J connectivity index is 1.57. The number of amides is 3. The Labute approximate surface area is 156 Å². The first-order valence-corrected chi connectivity index (χ1v) is 8.78. The van der Waals surface area contributed by atoms with Gasteiger partial charge in [-0.05, 0) is 37.1 Å². The van der Waals surface area contributed by atoms with E-state index in [1.54, 1.807) is 23.4 Å². The lowest BCUT2D eigenvalue weighted by Gasteiger charge is -2.18. The molecule has 0 saturated carbocycles. The van der Waals surface area contributed by atoms with E-state index in [0.717, 1.165) is 18.9 Å². The van der Waals surface area contributed by atoms with Gasteiger partial charge in [0.1, 0.15) is 5.82 Å². The Morgan fingerprint density at radius 3 is 2.59 bits per heavy atom. The summed E-state index contributed by atoms with van der Waals surface area (Å²) in [7, 11) is 0. The zero-order valence-corrected chi connectivity index (χ0v) is 14.7. The van der Waals surface area contributed by atoms with Crippen molar-refractivity contribution in [3.05, 3.63) is 48.0 Å². The lowest BCUT2D eigenvalue weighted by atomic mass is 10.1. The van der Waals surface area contributed by atoms with E-state index in [4.69, 9.17) is 0 Å². The summed E-state index contributed by atoms with van der Waals surface area (Å²) in [6.45, 7) is 2.05. The van der Waals surface area contributed by atoms with Crippen molar-refractivity contribution >= 4 is 23.6 Å². The summed E-state index contributed by atoms with van der Waals surface area (Å²) in [6, 6.07) is 5.15. The van der Waals surface area contributed by atoms with Crippen molar-refractivity contribution in [2.45, 2.75) is 12.8 Å². The molecular formula is C18H21FN6O2. The molecule has 9 heteroatoms. The van der Waals surface area contributed by atoms with Gasteiger partial charge in [-0.2, -0.15) is 0 Å². The maximum Gasteiger partial charge on any atom is 0.321 e. The van der Waals surface area contributed by atoms with E-state index in [0.29, 0.717) is 25.6 Å². The fourth-order valence-corrected chi connectivity index (χ4v) is 2.76. The first kappa shape index (κ1) is 18.6. The molecule has 0 atom stereocenters. The summed E-state index contributed by atoms with van der Waals surface area (Å²) in [5.41, 5.74) is 0.364. The van der Waals surface area contributed by atoms with Crippen LogP contribution in [0.3, 0.4) is 0 Å². The maximum absolute atomic E-state index is 13.6. The molecule has 2 heterocycles. The van der Waals surface area contributed by atoms with Gasteiger partial charge in [-0.25, -0.2) is 19.2 Å². The third-order valence-electron chi connectivity index (χ3n) is 4.12. The van der Waals surface area contributed by atoms with Crippen LogP contribution in [0.1, 0.15) is 23.2 Å². The van der Waals surface area contributed by atoms with Crippen LogP contribution in [-0.4, -0.2) is 53.0 Å². The number of rotatable bonds is 6. The lowest BCUT2D eigenvalue weighted by molar-refractivity contribution is 0.0955. The molecule has 1 aliphatic rings. The minimum absolute atomic E-state index is 0.0820. The van der Waals surface area contributed by atoms with E-state index in [1.165, 1.54) is 12.1 Å². The topological polar surface area (TPSA) is 99.2 Å². The molecule has 0 radical (unpaired) electrons. The Hall–Kier alpha value is -3.23. The van der Waals surface area contributed by atoms with Gasteiger partial charge in [0.15, 0.2) is 0 Å². The van der Waals surface area contributed by atoms with Gasteiger partial charge in [0.05, 0.1) is 11.3 Å². The first-order valence-electron chi connectivity index (χ1n) is 8.78. The minimum Gasteiger partial charge on any atom is -0.352 e. The fourth-order valence-electron chi connectivity index (χ4n) is 2.76. The van der Waals surface area contributed by atoms with E-state index < -0.39 is 11.7 Å². The van der Waals surface area contributed by atoms with Crippen molar-refractivity contribution in [1.82, 2.24) is 20.2 Å². The zero-order valence-electron chi connectivity index (χ0n) is 14.7. The molecule has 0 unspecified atom stereocenters. The number of likely N-dealkylation sites (tertiary alicyclic amines) is 1.